The molecule has 4 rings (SSSR count). The Morgan fingerprint density at radius 2 is 2.12 bits per heavy atom. The smallest absolute Gasteiger partial charge is 0.278 e. The van der Waals surface area contributed by atoms with Crippen molar-refractivity contribution in [1.29, 1.82) is 0 Å². The third-order valence-corrected chi connectivity index (χ3v) is 6.05. The highest BCUT2D eigenvalue weighted by Crippen LogP contribution is 2.34. The van der Waals surface area contributed by atoms with Crippen molar-refractivity contribution in [3.63, 3.8) is 0 Å². The molecule has 0 spiro atoms. The molecule has 2 heterocycles. The third kappa shape index (κ3) is 4.12. The number of nitro benzene ring substituents is 1. The summed E-state index contributed by atoms with van der Waals surface area (Å²) in [5.74, 6) is 0. The molecule has 2 fully saturated rings. The van der Waals surface area contributed by atoms with Crippen molar-refractivity contribution in [2.45, 2.75) is 31.5 Å². The van der Waals surface area contributed by atoms with E-state index in [2.05, 4.69) is 10.2 Å². The minimum atomic E-state index is -0.320. The zero-order valence-electron chi connectivity index (χ0n) is 14.6. The molecule has 138 valence electrons. The summed E-state index contributed by atoms with van der Waals surface area (Å²) in [4.78, 5) is 15.5. The molecule has 1 aliphatic heterocycles. The highest BCUT2D eigenvalue weighted by molar-refractivity contribution is 7.15. The van der Waals surface area contributed by atoms with E-state index in [1.54, 1.807) is 23.5 Å². The molecule has 1 saturated heterocycles. The van der Waals surface area contributed by atoms with Crippen LogP contribution in [0.5, 0.6) is 0 Å². The third-order valence-electron chi connectivity index (χ3n) is 4.93. The Balaban J connectivity index is 1.32. The van der Waals surface area contributed by atoms with Crippen molar-refractivity contribution in [1.82, 2.24) is 10.2 Å². The molecule has 1 saturated carbocycles. The second kappa shape index (κ2) is 7.84. The van der Waals surface area contributed by atoms with Crippen molar-refractivity contribution >= 4 is 17.0 Å². The van der Waals surface area contributed by atoms with E-state index in [0.29, 0.717) is 5.56 Å². The summed E-state index contributed by atoms with van der Waals surface area (Å²) in [6, 6.07) is 11.7. The van der Waals surface area contributed by atoms with Gasteiger partial charge in [0.2, 0.25) is 0 Å². The largest absolute Gasteiger partial charge is 0.374 e. The highest BCUT2D eigenvalue weighted by Gasteiger charge is 2.32. The topological polar surface area (TPSA) is 67.6 Å². The fourth-order valence-electron chi connectivity index (χ4n) is 3.45. The summed E-state index contributed by atoms with van der Waals surface area (Å²) in [6.07, 6.45) is 2.92. The summed E-state index contributed by atoms with van der Waals surface area (Å²) < 4.78 is 5.86. The first-order valence-corrected chi connectivity index (χ1v) is 9.91. The summed E-state index contributed by atoms with van der Waals surface area (Å²) >= 11 is 1.60. The maximum Gasteiger partial charge on any atom is 0.278 e. The average molecular weight is 373 g/mol. The van der Waals surface area contributed by atoms with Crippen molar-refractivity contribution in [3.05, 3.63) is 51.4 Å². The highest BCUT2D eigenvalue weighted by atomic mass is 32.1. The number of nitrogens with one attached hydrogen (secondary N) is 1. The van der Waals surface area contributed by atoms with Gasteiger partial charge < -0.3 is 10.1 Å². The number of nitro groups is 1. The van der Waals surface area contributed by atoms with Crippen LogP contribution >= 0.6 is 11.3 Å². The lowest BCUT2D eigenvalue weighted by Gasteiger charge is -2.33. The fraction of sp³-hybridized carbons (Fsp3) is 0.474. The molecule has 7 heteroatoms. The van der Waals surface area contributed by atoms with Crippen molar-refractivity contribution in [3.8, 4) is 10.4 Å². The number of hydrogen-bond acceptors (Lipinski definition) is 6. The van der Waals surface area contributed by atoms with E-state index in [-0.39, 0.29) is 16.7 Å². The molecular formula is C19H23N3O3S. The number of morpholine rings is 1. The molecule has 0 radical (unpaired) electrons. The van der Waals surface area contributed by atoms with Gasteiger partial charge in [-0.05, 0) is 31.0 Å². The minimum Gasteiger partial charge on any atom is -0.374 e. The predicted molar refractivity (Wildman–Crippen MR) is 102 cm³/mol. The number of ether oxygens (including phenoxy) is 1. The molecule has 1 unspecified atom stereocenters. The van der Waals surface area contributed by atoms with Gasteiger partial charge in [-0.1, -0.05) is 12.1 Å². The maximum absolute atomic E-state index is 11.2. The molecule has 2 aliphatic rings. The summed E-state index contributed by atoms with van der Waals surface area (Å²) in [7, 11) is 0. The van der Waals surface area contributed by atoms with Gasteiger partial charge in [0.25, 0.3) is 5.69 Å². The van der Waals surface area contributed by atoms with E-state index in [1.807, 2.05) is 24.3 Å². The van der Waals surface area contributed by atoms with Gasteiger partial charge in [0.1, 0.15) is 0 Å². The summed E-state index contributed by atoms with van der Waals surface area (Å²) in [6.45, 7) is 4.50. The Labute approximate surface area is 156 Å². The Hall–Kier alpha value is -1.80. The number of rotatable bonds is 7. The van der Waals surface area contributed by atoms with Gasteiger partial charge in [-0.25, -0.2) is 0 Å². The molecule has 6 nitrogen and oxygen atoms in total. The van der Waals surface area contributed by atoms with Crippen molar-refractivity contribution < 1.29 is 9.66 Å². The molecule has 1 aliphatic carbocycles. The Morgan fingerprint density at radius 3 is 2.92 bits per heavy atom. The lowest BCUT2D eigenvalue weighted by atomic mass is 10.1. The molecule has 1 aromatic heterocycles. The van der Waals surface area contributed by atoms with E-state index >= 15 is 0 Å². The number of benzene rings is 1. The standard InChI is InChI=1S/C19H23N3O3S/c23-22(24)18-4-2-1-3-17(18)19-8-7-16(26-19)12-20-11-15-13-21(9-10-25-15)14-5-6-14/h1-4,7-8,14-15,20H,5-6,9-13H2. The lowest BCUT2D eigenvalue weighted by molar-refractivity contribution is -0.384. The zero-order valence-corrected chi connectivity index (χ0v) is 15.4. The van der Waals surface area contributed by atoms with Crippen LogP contribution in [-0.2, 0) is 11.3 Å². The second-order valence-electron chi connectivity index (χ2n) is 6.89. The van der Waals surface area contributed by atoms with Gasteiger partial charge in [-0.3, -0.25) is 15.0 Å². The van der Waals surface area contributed by atoms with Crippen LogP contribution < -0.4 is 5.32 Å². The maximum atomic E-state index is 11.2. The molecule has 1 aromatic carbocycles. The van der Waals surface area contributed by atoms with Gasteiger partial charge in [-0.2, -0.15) is 0 Å². The molecule has 0 bridgehead atoms. The molecule has 26 heavy (non-hydrogen) atoms. The van der Waals surface area contributed by atoms with Crippen LogP contribution in [0.2, 0.25) is 0 Å². The van der Waals surface area contributed by atoms with E-state index in [0.717, 1.165) is 43.7 Å². The van der Waals surface area contributed by atoms with E-state index < -0.39 is 0 Å². The Kier molecular flexibility index (Phi) is 5.31. The quantitative estimate of drug-likeness (QED) is 0.596. The number of thiophene rings is 1. The normalized spacial score (nSPS) is 21.0. The van der Waals surface area contributed by atoms with Crippen molar-refractivity contribution in [2.24, 2.45) is 0 Å². The van der Waals surface area contributed by atoms with Gasteiger partial charge in [0, 0.05) is 48.0 Å². The first-order chi connectivity index (χ1) is 12.7. The van der Waals surface area contributed by atoms with Crippen LogP contribution in [0, 0.1) is 10.1 Å². The second-order valence-corrected chi connectivity index (χ2v) is 8.06. The molecular weight excluding hydrogens is 350 g/mol. The average Bonchev–Trinajstić information content (AvgIpc) is 3.41. The number of para-hydroxylation sites is 1. The van der Waals surface area contributed by atoms with Crippen LogP contribution in [0.25, 0.3) is 10.4 Å². The molecule has 2 aromatic rings. The number of hydrogen-bond donors (Lipinski definition) is 1. The van der Waals surface area contributed by atoms with Crippen LogP contribution in [-0.4, -0.2) is 48.2 Å². The van der Waals surface area contributed by atoms with Crippen LogP contribution in [0.3, 0.4) is 0 Å². The fourth-order valence-corrected chi connectivity index (χ4v) is 4.46. The minimum absolute atomic E-state index is 0.157. The number of nitrogens with zero attached hydrogens (tertiary/aromatic N) is 2. The lowest BCUT2D eigenvalue weighted by Crippen LogP contribution is -2.47. The Bertz CT molecular complexity index is 775. The van der Waals surface area contributed by atoms with E-state index in [9.17, 15) is 10.1 Å². The molecule has 0 amide bonds. The summed E-state index contributed by atoms with van der Waals surface area (Å²) in [5, 5.41) is 14.7. The van der Waals surface area contributed by atoms with Crippen LogP contribution in [0.1, 0.15) is 17.7 Å². The monoisotopic (exact) mass is 373 g/mol. The van der Waals surface area contributed by atoms with E-state index in [1.165, 1.54) is 17.7 Å². The molecule has 1 atom stereocenters. The zero-order chi connectivity index (χ0) is 17.9. The first kappa shape index (κ1) is 17.6. The predicted octanol–water partition coefficient (Wildman–Crippen LogP) is 3.28. The Morgan fingerprint density at radius 1 is 1.27 bits per heavy atom. The van der Waals surface area contributed by atoms with Gasteiger partial charge in [0.15, 0.2) is 0 Å². The first-order valence-electron chi connectivity index (χ1n) is 9.09. The van der Waals surface area contributed by atoms with E-state index in [4.69, 9.17) is 4.74 Å². The van der Waals surface area contributed by atoms with Gasteiger partial charge in [-0.15, -0.1) is 11.3 Å². The van der Waals surface area contributed by atoms with Gasteiger partial charge in [0.05, 0.1) is 23.2 Å². The summed E-state index contributed by atoms with van der Waals surface area (Å²) in [5.41, 5.74) is 0.842. The SMILES string of the molecule is O=[N+]([O-])c1ccccc1-c1ccc(CNCC2CN(C3CC3)CCO2)s1. The molecule has 1 N–H and O–H groups in total. The van der Waals surface area contributed by atoms with Crippen molar-refractivity contribution in [2.75, 3.05) is 26.2 Å². The van der Waals surface area contributed by atoms with Crippen LogP contribution in [0.15, 0.2) is 36.4 Å². The van der Waals surface area contributed by atoms with Gasteiger partial charge >= 0.3 is 0 Å². The van der Waals surface area contributed by atoms with Crippen LogP contribution in [0.4, 0.5) is 5.69 Å².